The summed E-state index contributed by atoms with van der Waals surface area (Å²) in [6.45, 7) is 0. The smallest absolute Gasteiger partial charge is 0.356 e. The molecule has 0 N–H and O–H groups in total. The van der Waals surface area contributed by atoms with Gasteiger partial charge in [-0.3, -0.25) is 0 Å². The Morgan fingerprint density at radius 1 is 0.412 bits per heavy atom. The topological polar surface area (TPSA) is 265 Å². The molecule has 0 saturated heterocycles. The molecule has 17 heavy (non-hydrogen) atoms. The van der Waals surface area contributed by atoms with E-state index in [1.54, 1.807) is 0 Å². The number of hydrogen-bond donors (Lipinski definition) is 0. The normalized spacial score (nSPS) is 5.65. The van der Waals surface area contributed by atoms with Gasteiger partial charge in [-0.2, -0.15) is 0 Å². The third-order valence-corrected chi connectivity index (χ3v) is 0. The zero-order valence-corrected chi connectivity index (χ0v) is 10.1. The number of rotatable bonds is 0. The van der Waals surface area contributed by atoms with E-state index in [-0.39, 0.29) is 32.7 Å². The van der Waals surface area contributed by atoms with Crippen LogP contribution in [0.1, 0.15) is 0 Å². The molecule has 0 aromatic carbocycles. The van der Waals surface area contributed by atoms with Gasteiger partial charge in [0.15, 0.2) is 0 Å². The fraction of sp³-hybridized carbons (Fsp3) is 0. The van der Waals surface area contributed by atoms with Gasteiger partial charge < -0.3 is 61.3 Å². The van der Waals surface area contributed by atoms with Gasteiger partial charge in [0.2, 0.25) is 0 Å². The van der Waals surface area contributed by atoms with E-state index < -0.39 is 20.3 Å². The summed E-state index contributed by atoms with van der Waals surface area (Å²) in [6, 6.07) is 0. The largest absolute Gasteiger partial charge is 3.00 e. The van der Waals surface area contributed by atoms with Gasteiger partial charge in [0.1, 0.15) is 0 Å². The summed E-state index contributed by atoms with van der Waals surface area (Å²) >= 11 is 0. The summed E-state index contributed by atoms with van der Waals surface area (Å²) in [5.41, 5.74) is 0. The Hall–Kier alpha value is -2.10. The van der Waals surface area contributed by atoms with Gasteiger partial charge in [-0.25, -0.2) is 0 Å². The van der Waals surface area contributed by atoms with Crippen molar-refractivity contribution in [3.05, 3.63) is 61.3 Å². The van der Waals surface area contributed by atoms with Gasteiger partial charge in [0.25, 0.3) is 0 Å². The molecular weight excluding hydrogens is 337 g/mol. The number of hydrogen-bond acceptors (Lipinski definition) is 12. The van der Waals surface area contributed by atoms with Crippen LogP contribution in [0.4, 0.5) is 0 Å². The van der Waals surface area contributed by atoms with Crippen molar-refractivity contribution < 1.29 is 53.1 Å². The summed E-state index contributed by atoms with van der Waals surface area (Å²) in [5.74, 6) is 0. The standard InChI is InChI=1S/4NO3.Y/c4*2-1(3)4;/q4*-1;+3. The van der Waals surface area contributed by atoms with Crippen LogP contribution in [-0.4, -0.2) is 20.3 Å². The fourth-order valence-corrected chi connectivity index (χ4v) is 0. The van der Waals surface area contributed by atoms with Crippen LogP contribution in [0.5, 0.6) is 0 Å². The van der Waals surface area contributed by atoms with Crippen molar-refractivity contribution in [3.8, 4) is 0 Å². The van der Waals surface area contributed by atoms with Crippen LogP contribution >= 0.6 is 0 Å². The summed E-state index contributed by atoms with van der Waals surface area (Å²) in [6.07, 6.45) is 0. The van der Waals surface area contributed by atoms with Crippen molar-refractivity contribution in [2.24, 2.45) is 0 Å². The van der Waals surface area contributed by atoms with Gasteiger partial charge in [-0.1, -0.05) is 0 Å². The predicted molar refractivity (Wildman–Crippen MR) is 41.4 cm³/mol. The summed E-state index contributed by atoms with van der Waals surface area (Å²) in [4.78, 5) is 33.0. The van der Waals surface area contributed by atoms with E-state index in [1.807, 2.05) is 0 Å². The molecule has 0 unspecified atom stereocenters. The first-order chi connectivity index (χ1) is 6.93. The second-order valence-electron chi connectivity index (χ2n) is 0.894. The van der Waals surface area contributed by atoms with E-state index in [9.17, 15) is 0 Å². The minimum Gasteiger partial charge on any atom is -0.356 e. The molecule has 0 rings (SSSR count). The van der Waals surface area contributed by atoms with Crippen molar-refractivity contribution in [3.63, 3.8) is 0 Å². The van der Waals surface area contributed by atoms with E-state index in [0.29, 0.717) is 0 Å². The summed E-state index contributed by atoms with van der Waals surface area (Å²) in [5, 5.41) is 59.0. The van der Waals surface area contributed by atoms with Crippen molar-refractivity contribution in [2.75, 3.05) is 0 Å². The molecule has 0 aromatic rings. The molecule has 0 saturated carbocycles. The molecule has 0 bridgehead atoms. The third kappa shape index (κ3) is 448. The Labute approximate surface area is 114 Å². The second kappa shape index (κ2) is 23.6. The third-order valence-electron chi connectivity index (χ3n) is 0. The Bertz CT molecular complexity index is 159. The van der Waals surface area contributed by atoms with Gasteiger partial charge in [-0.15, -0.1) is 0 Å². The first kappa shape index (κ1) is 29.4. The van der Waals surface area contributed by atoms with Crippen LogP contribution in [0, 0.1) is 61.3 Å². The molecule has 0 atom stereocenters. The van der Waals surface area contributed by atoms with Crippen LogP contribution in [0.15, 0.2) is 0 Å². The predicted octanol–water partition coefficient (Wildman–Crippen LogP) is -0.959. The first-order valence-corrected chi connectivity index (χ1v) is 2.19. The fourth-order valence-electron chi connectivity index (χ4n) is 0. The van der Waals surface area contributed by atoms with Crippen molar-refractivity contribution in [1.29, 1.82) is 0 Å². The minimum absolute atomic E-state index is 0. The van der Waals surface area contributed by atoms with Gasteiger partial charge in [0.05, 0.1) is 20.3 Å². The molecule has 0 heterocycles. The molecule has 0 spiro atoms. The molecule has 0 aliphatic rings. The van der Waals surface area contributed by atoms with Crippen molar-refractivity contribution in [2.45, 2.75) is 0 Å². The van der Waals surface area contributed by atoms with E-state index in [0.717, 1.165) is 0 Å². The summed E-state index contributed by atoms with van der Waals surface area (Å²) < 4.78 is 0. The molecule has 0 aliphatic carbocycles. The maximum atomic E-state index is 8.25. The van der Waals surface area contributed by atoms with E-state index in [2.05, 4.69) is 0 Å². The van der Waals surface area contributed by atoms with Crippen LogP contribution in [0.25, 0.3) is 0 Å². The molecule has 96 valence electrons. The zero-order chi connectivity index (χ0) is 14.3. The van der Waals surface area contributed by atoms with Crippen LogP contribution in [-0.2, 0) is 32.7 Å². The van der Waals surface area contributed by atoms with Gasteiger partial charge >= 0.3 is 32.7 Å². The van der Waals surface area contributed by atoms with Crippen LogP contribution in [0.3, 0.4) is 0 Å². The van der Waals surface area contributed by atoms with E-state index in [4.69, 9.17) is 61.3 Å². The monoisotopic (exact) mass is 337 g/mol. The SMILES string of the molecule is O=[N+]([O-])[O-].O=[N+]([O-])[O-].O=[N+]([O-])[O-].O=[N+]([O-])[O-].[Y+3]. The maximum absolute atomic E-state index is 8.25. The Morgan fingerprint density at radius 2 is 0.412 bits per heavy atom. The zero-order valence-electron chi connectivity index (χ0n) is 7.27. The number of nitrogens with zero attached hydrogens (tertiary/aromatic N) is 4. The molecule has 0 radical (unpaired) electrons. The van der Waals surface area contributed by atoms with Crippen molar-refractivity contribution >= 4 is 0 Å². The molecule has 0 fully saturated rings. The average molecular weight is 337 g/mol. The minimum atomic E-state index is -1.75. The van der Waals surface area contributed by atoms with E-state index >= 15 is 0 Å². The van der Waals surface area contributed by atoms with E-state index in [1.165, 1.54) is 0 Å². The first-order valence-electron chi connectivity index (χ1n) is 2.19. The molecule has 0 aromatic heterocycles. The molecule has 0 amide bonds. The Morgan fingerprint density at radius 3 is 0.412 bits per heavy atom. The van der Waals surface area contributed by atoms with Crippen molar-refractivity contribution in [1.82, 2.24) is 0 Å². The molecule has 16 nitrogen and oxygen atoms in total. The average Bonchev–Trinajstić information content (AvgIpc) is 1.76. The summed E-state index contributed by atoms with van der Waals surface area (Å²) in [7, 11) is 0. The Balaban J connectivity index is -0.0000000369. The van der Waals surface area contributed by atoms with Crippen LogP contribution < -0.4 is 0 Å². The molecular formula is N4O12Y-. The maximum Gasteiger partial charge on any atom is 3.00 e. The van der Waals surface area contributed by atoms with Gasteiger partial charge in [0, 0.05) is 0 Å². The molecule has 17 heteroatoms. The van der Waals surface area contributed by atoms with Gasteiger partial charge in [-0.05, 0) is 0 Å². The second-order valence-corrected chi connectivity index (χ2v) is 0.894. The molecule has 0 aliphatic heterocycles. The Kier molecular flexibility index (Phi) is 40.8. The quantitative estimate of drug-likeness (QED) is 0.382. The van der Waals surface area contributed by atoms with Crippen LogP contribution in [0.2, 0.25) is 0 Å².